The van der Waals surface area contributed by atoms with Gasteiger partial charge in [0.2, 0.25) is 16.0 Å². The lowest BCUT2D eigenvalue weighted by molar-refractivity contribution is -0.511. The van der Waals surface area contributed by atoms with Gasteiger partial charge in [-0.15, -0.1) is 0 Å². The third-order valence-electron chi connectivity index (χ3n) is 6.49. The molecule has 3 unspecified atom stereocenters. The zero-order valence-electron chi connectivity index (χ0n) is 26.8. The number of nitrogens with zero attached hydrogens (tertiary/aromatic N) is 5. The number of rotatable bonds is 21. The van der Waals surface area contributed by atoms with Gasteiger partial charge in [-0.25, -0.2) is 31.9 Å². The summed E-state index contributed by atoms with van der Waals surface area (Å²) >= 11 is 0. The van der Waals surface area contributed by atoms with Crippen LogP contribution in [0.25, 0.3) is 17.3 Å². The van der Waals surface area contributed by atoms with E-state index < -0.39 is 57.3 Å². The standard InChI is InChI=1S/C28H42FN5O13S/c1-18(2)26-24(27(19-5-7-20(29)8-6-19)31-28(30-26)32(3)48(4,42)43)10-9-21(35)15-22(36)16-25(37)45-14-13-44-17-23(47-34(40)41)11-12-46-33(38)39/h5-10,18,21-23,35-36,38-41H,11-17H2,1-4H3/b10-9+. The molecule has 0 aliphatic carbocycles. The average molecular weight is 708 g/mol. The Morgan fingerprint density at radius 2 is 1.69 bits per heavy atom. The quantitative estimate of drug-likeness (QED) is 0.0613. The van der Waals surface area contributed by atoms with Crippen molar-refractivity contribution in [2.45, 2.75) is 57.3 Å². The number of hydrogen-bond acceptors (Lipinski definition) is 17. The van der Waals surface area contributed by atoms with Gasteiger partial charge in [0.15, 0.2) is 0 Å². The normalized spacial score (nSPS) is 14.2. The predicted octanol–water partition coefficient (Wildman–Crippen LogP) is 1.66. The molecule has 0 aliphatic heterocycles. The second-order valence-corrected chi connectivity index (χ2v) is 12.7. The van der Waals surface area contributed by atoms with Crippen LogP contribution >= 0.6 is 0 Å². The van der Waals surface area contributed by atoms with Gasteiger partial charge in [0.05, 0.1) is 66.9 Å². The lowest BCUT2D eigenvalue weighted by Gasteiger charge is -2.20. The fraction of sp³-hybridized carbons (Fsp3) is 0.536. The van der Waals surface area contributed by atoms with E-state index in [2.05, 4.69) is 19.6 Å². The van der Waals surface area contributed by atoms with Gasteiger partial charge in [-0.05, 0) is 30.2 Å². The maximum atomic E-state index is 13.7. The molecule has 48 heavy (non-hydrogen) atoms. The second-order valence-electron chi connectivity index (χ2n) is 10.7. The highest BCUT2D eigenvalue weighted by molar-refractivity contribution is 7.92. The first-order valence-electron chi connectivity index (χ1n) is 14.5. The largest absolute Gasteiger partial charge is 0.463 e. The Kier molecular flexibility index (Phi) is 16.8. The first-order chi connectivity index (χ1) is 22.5. The number of esters is 1. The molecule has 1 heterocycles. The number of carbonyl (C=O) groups excluding carboxylic acids is 1. The van der Waals surface area contributed by atoms with E-state index >= 15 is 0 Å². The van der Waals surface area contributed by atoms with Gasteiger partial charge >= 0.3 is 5.97 Å². The smallest absolute Gasteiger partial charge is 0.308 e. The number of sulfonamides is 1. The number of aliphatic hydroxyl groups is 2. The number of ether oxygens (including phenoxy) is 2. The summed E-state index contributed by atoms with van der Waals surface area (Å²) < 4.78 is 49.3. The number of aliphatic hydroxyl groups excluding tert-OH is 2. The van der Waals surface area contributed by atoms with E-state index in [0.29, 0.717) is 16.8 Å². The molecule has 270 valence electrons. The molecule has 2 rings (SSSR count). The molecular weight excluding hydrogens is 665 g/mol. The monoisotopic (exact) mass is 707 g/mol. The van der Waals surface area contributed by atoms with Crippen molar-refractivity contribution >= 4 is 28.0 Å². The SMILES string of the molecule is CC(C)c1nc(N(C)S(C)(=O)=O)nc(-c2ccc(F)cc2)c1/C=C/C(O)CC(O)CC(=O)OCCOCC(CCON(O)O)ON(O)O. The Hall–Kier alpha value is -3.25. The number of aromatic nitrogens is 2. The summed E-state index contributed by atoms with van der Waals surface area (Å²) in [4.78, 5) is 30.0. The highest BCUT2D eigenvalue weighted by Gasteiger charge is 2.23. The molecule has 0 fully saturated rings. The number of carbonyl (C=O) groups is 1. The molecule has 0 radical (unpaired) electrons. The Morgan fingerprint density at radius 1 is 1.02 bits per heavy atom. The number of halogens is 1. The van der Waals surface area contributed by atoms with E-state index in [0.717, 1.165) is 10.6 Å². The van der Waals surface area contributed by atoms with Crippen molar-refractivity contribution in [3.8, 4) is 11.3 Å². The van der Waals surface area contributed by atoms with E-state index in [-0.39, 0.29) is 56.8 Å². The van der Waals surface area contributed by atoms with Crippen molar-refractivity contribution in [3.05, 3.63) is 47.4 Å². The summed E-state index contributed by atoms with van der Waals surface area (Å²) in [5.41, 5.74) is 1.63. The summed E-state index contributed by atoms with van der Waals surface area (Å²) in [5.74, 6) is -1.60. The minimum absolute atomic E-state index is 0.0524. The van der Waals surface area contributed by atoms with Crippen molar-refractivity contribution in [1.29, 1.82) is 0 Å². The third kappa shape index (κ3) is 14.5. The first kappa shape index (κ1) is 40.9. The van der Waals surface area contributed by atoms with E-state index in [4.69, 9.17) is 30.3 Å². The Labute approximate surface area is 276 Å². The maximum absolute atomic E-state index is 13.7. The van der Waals surface area contributed by atoms with Crippen LogP contribution in [0.5, 0.6) is 0 Å². The second kappa shape index (κ2) is 19.7. The summed E-state index contributed by atoms with van der Waals surface area (Å²) in [6.07, 6.45) is -0.381. The van der Waals surface area contributed by atoms with Crippen LogP contribution in [-0.4, -0.2) is 124 Å². The van der Waals surface area contributed by atoms with Gasteiger partial charge in [-0.2, -0.15) is 0 Å². The number of hydrogen-bond donors (Lipinski definition) is 6. The van der Waals surface area contributed by atoms with Crippen LogP contribution in [0.4, 0.5) is 10.3 Å². The fourth-order valence-corrected chi connectivity index (χ4v) is 4.47. The zero-order valence-corrected chi connectivity index (χ0v) is 27.6. The Bertz CT molecular complexity index is 1430. The molecule has 0 aliphatic rings. The van der Waals surface area contributed by atoms with Crippen molar-refractivity contribution in [1.82, 2.24) is 20.7 Å². The van der Waals surface area contributed by atoms with E-state index in [1.807, 2.05) is 13.8 Å². The zero-order chi connectivity index (χ0) is 36.0. The summed E-state index contributed by atoms with van der Waals surface area (Å²) in [5, 5.41) is 54.6. The topological polar surface area (TPSA) is 245 Å². The Balaban J connectivity index is 2.03. The van der Waals surface area contributed by atoms with Crippen LogP contribution in [0.2, 0.25) is 0 Å². The van der Waals surface area contributed by atoms with Gasteiger partial charge in [-0.1, -0.05) is 26.0 Å². The molecular formula is C28H42FN5O13S. The summed E-state index contributed by atoms with van der Waals surface area (Å²) in [6, 6.07) is 5.40. The van der Waals surface area contributed by atoms with Crippen LogP contribution < -0.4 is 4.31 Å². The van der Waals surface area contributed by atoms with Gasteiger partial charge < -0.3 is 19.7 Å². The minimum atomic E-state index is -3.71. The van der Waals surface area contributed by atoms with Crippen molar-refractivity contribution in [2.75, 3.05) is 44.0 Å². The van der Waals surface area contributed by atoms with Crippen molar-refractivity contribution < 1.29 is 67.8 Å². The van der Waals surface area contributed by atoms with Gasteiger partial charge in [0, 0.05) is 31.0 Å². The molecule has 18 nitrogen and oxygen atoms in total. The van der Waals surface area contributed by atoms with Crippen molar-refractivity contribution in [3.63, 3.8) is 0 Å². The number of benzene rings is 1. The molecule has 2 aromatic rings. The molecule has 0 saturated carbocycles. The van der Waals surface area contributed by atoms with E-state index in [1.165, 1.54) is 43.5 Å². The van der Waals surface area contributed by atoms with E-state index in [9.17, 15) is 27.8 Å². The molecule has 6 N–H and O–H groups in total. The molecule has 1 aromatic heterocycles. The van der Waals surface area contributed by atoms with Gasteiger partial charge in [0.1, 0.15) is 18.5 Å². The minimum Gasteiger partial charge on any atom is -0.463 e. The summed E-state index contributed by atoms with van der Waals surface area (Å²) in [6.45, 7) is 2.80. The molecule has 1 aromatic carbocycles. The van der Waals surface area contributed by atoms with E-state index in [1.54, 1.807) is 0 Å². The molecule has 20 heteroatoms. The average Bonchev–Trinajstić information content (AvgIpc) is 2.98. The van der Waals surface area contributed by atoms with Gasteiger partial charge in [0.25, 0.3) is 0 Å². The van der Waals surface area contributed by atoms with Gasteiger partial charge in [-0.3, -0.25) is 30.5 Å². The highest BCUT2D eigenvalue weighted by atomic mass is 32.2. The summed E-state index contributed by atoms with van der Waals surface area (Å²) in [7, 11) is -2.41. The fourth-order valence-electron chi connectivity index (χ4n) is 4.09. The predicted molar refractivity (Wildman–Crippen MR) is 163 cm³/mol. The third-order valence-corrected chi connectivity index (χ3v) is 7.65. The highest BCUT2D eigenvalue weighted by Crippen LogP contribution is 2.31. The molecule has 0 saturated heterocycles. The lowest BCUT2D eigenvalue weighted by Crippen LogP contribution is -2.31. The van der Waals surface area contributed by atoms with Crippen molar-refractivity contribution in [2.24, 2.45) is 0 Å². The van der Waals surface area contributed by atoms with Crippen LogP contribution in [0.15, 0.2) is 30.3 Å². The van der Waals surface area contributed by atoms with Crippen LogP contribution in [0, 0.1) is 5.82 Å². The number of anilines is 1. The van der Waals surface area contributed by atoms with Crippen LogP contribution in [-0.2, 0) is 34.0 Å². The lowest BCUT2D eigenvalue weighted by atomic mass is 9.97. The molecule has 0 amide bonds. The maximum Gasteiger partial charge on any atom is 0.308 e. The molecule has 0 spiro atoms. The van der Waals surface area contributed by atoms with Crippen LogP contribution in [0.1, 0.15) is 50.3 Å². The Morgan fingerprint density at radius 3 is 2.27 bits per heavy atom. The first-order valence-corrected chi connectivity index (χ1v) is 16.4. The van der Waals surface area contributed by atoms with Crippen LogP contribution in [0.3, 0.4) is 0 Å². The molecule has 3 atom stereocenters. The molecule has 0 bridgehead atoms.